The van der Waals surface area contributed by atoms with Crippen LogP contribution in [0.4, 0.5) is 5.69 Å². The zero-order valence-corrected chi connectivity index (χ0v) is 18.8. The summed E-state index contributed by atoms with van der Waals surface area (Å²) in [5.74, 6) is 0.356. The molecule has 0 radical (unpaired) electrons. The Balaban J connectivity index is 1.50. The fourth-order valence-corrected chi connectivity index (χ4v) is 3.56. The number of rotatable bonds is 10. The van der Waals surface area contributed by atoms with Crippen LogP contribution in [0.1, 0.15) is 22.8 Å². The SMILES string of the molecule is CCN(CC(COc1ccccc1)OC(=O)c1ccccc1)Nc1c(C)ccc2[nH]ncc12. The molecule has 7 heteroatoms. The largest absolute Gasteiger partial charge is 0.490 e. The minimum atomic E-state index is -0.491. The van der Waals surface area contributed by atoms with E-state index >= 15 is 0 Å². The summed E-state index contributed by atoms with van der Waals surface area (Å²) < 4.78 is 11.8. The highest BCUT2D eigenvalue weighted by atomic mass is 16.6. The molecule has 0 aliphatic heterocycles. The van der Waals surface area contributed by atoms with Gasteiger partial charge in [-0.05, 0) is 42.8 Å². The molecule has 2 N–H and O–H groups in total. The number of aromatic nitrogens is 2. The van der Waals surface area contributed by atoms with Crippen LogP contribution < -0.4 is 10.2 Å². The van der Waals surface area contributed by atoms with E-state index in [-0.39, 0.29) is 12.6 Å². The highest BCUT2D eigenvalue weighted by molar-refractivity contribution is 5.92. The van der Waals surface area contributed by atoms with Gasteiger partial charge >= 0.3 is 5.97 Å². The first-order chi connectivity index (χ1) is 16.1. The van der Waals surface area contributed by atoms with Crippen molar-refractivity contribution < 1.29 is 14.3 Å². The van der Waals surface area contributed by atoms with Crippen molar-refractivity contribution in [1.82, 2.24) is 15.2 Å². The van der Waals surface area contributed by atoms with Gasteiger partial charge in [0.05, 0.1) is 29.5 Å². The van der Waals surface area contributed by atoms with E-state index in [1.807, 2.05) is 85.7 Å². The Morgan fingerprint density at radius 1 is 1.06 bits per heavy atom. The third kappa shape index (κ3) is 5.70. The van der Waals surface area contributed by atoms with E-state index in [0.29, 0.717) is 18.7 Å². The van der Waals surface area contributed by atoms with E-state index < -0.39 is 6.10 Å². The van der Waals surface area contributed by atoms with Crippen LogP contribution in [0.5, 0.6) is 5.75 Å². The number of anilines is 1. The Kier molecular flexibility index (Phi) is 7.22. The molecule has 0 bridgehead atoms. The van der Waals surface area contributed by atoms with Crippen molar-refractivity contribution in [3.63, 3.8) is 0 Å². The topological polar surface area (TPSA) is 79.5 Å². The van der Waals surface area contributed by atoms with Crippen LogP contribution in [0.3, 0.4) is 0 Å². The maximum Gasteiger partial charge on any atom is 0.338 e. The number of ether oxygens (including phenoxy) is 2. The number of carbonyl (C=O) groups is 1. The number of hydrogen-bond donors (Lipinski definition) is 2. The van der Waals surface area contributed by atoms with E-state index in [0.717, 1.165) is 27.9 Å². The first-order valence-corrected chi connectivity index (χ1v) is 11.0. The first kappa shape index (κ1) is 22.4. The standard InChI is InChI=1S/C26H28N4O3/c1-3-30(29-25-19(2)14-15-24-23(25)16-27-28-24)17-22(18-32-21-12-8-5-9-13-21)33-26(31)20-10-6-4-7-11-20/h4-16,22,29H,3,17-18H2,1-2H3,(H,27,28). The molecule has 170 valence electrons. The smallest absolute Gasteiger partial charge is 0.338 e. The van der Waals surface area contributed by atoms with Crippen LogP contribution in [-0.4, -0.2) is 47.0 Å². The number of carbonyl (C=O) groups excluding carboxylic acids is 1. The molecule has 1 aromatic heterocycles. The highest BCUT2D eigenvalue weighted by Gasteiger charge is 2.21. The summed E-state index contributed by atoms with van der Waals surface area (Å²) in [6.45, 7) is 5.46. The van der Waals surface area contributed by atoms with Gasteiger partial charge in [0, 0.05) is 11.9 Å². The number of hydrazine groups is 1. The zero-order chi connectivity index (χ0) is 23.0. The molecule has 0 fully saturated rings. The molecular formula is C26H28N4O3. The molecule has 0 spiro atoms. The number of likely N-dealkylation sites (N-methyl/N-ethyl adjacent to an activating group) is 1. The summed E-state index contributed by atoms with van der Waals surface area (Å²) in [7, 11) is 0. The average Bonchev–Trinajstić information content (AvgIpc) is 3.34. The molecule has 7 nitrogen and oxygen atoms in total. The van der Waals surface area contributed by atoms with Crippen molar-refractivity contribution in [3.8, 4) is 5.75 Å². The summed E-state index contributed by atoms with van der Waals surface area (Å²) in [4.78, 5) is 12.8. The summed E-state index contributed by atoms with van der Waals surface area (Å²) in [5.41, 5.74) is 7.03. The van der Waals surface area contributed by atoms with E-state index in [1.54, 1.807) is 12.1 Å². The van der Waals surface area contributed by atoms with E-state index in [4.69, 9.17) is 9.47 Å². The van der Waals surface area contributed by atoms with Crippen molar-refractivity contribution in [2.75, 3.05) is 25.1 Å². The second-order valence-electron chi connectivity index (χ2n) is 7.76. The third-order valence-electron chi connectivity index (χ3n) is 5.37. The Morgan fingerprint density at radius 2 is 1.79 bits per heavy atom. The van der Waals surface area contributed by atoms with E-state index in [9.17, 15) is 4.79 Å². The van der Waals surface area contributed by atoms with Crippen LogP contribution >= 0.6 is 0 Å². The number of aryl methyl sites for hydroxylation is 1. The molecule has 0 aliphatic carbocycles. The number of H-pyrrole nitrogens is 1. The number of benzene rings is 3. The minimum Gasteiger partial charge on any atom is -0.490 e. The number of nitrogens with zero attached hydrogens (tertiary/aromatic N) is 2. The number of esters is 1. The molecule has 1 atom stereocenters. The Morgan fingerprint density at radius 3 is 2.52 bits per heavy atom. The lowest BCUT2D eigenvalue weighted by Crippen LogP contribution is -2.41. The maximum absolute atomic E-state index is 12.8. The quantitative estimate of drug-likeness (QED) is 0.270. The Labute approximate surface area is 193 Å². The second kappa shape index (κ2) is 10.7. The van der Waals surface area contributed by atoms with Gasteiger partial charge in [0.25, 0.3) is 0 Å². The van der Waals surface area contributed by atoms with Gasteiger partial charge in [-0.3, -0.25) is 5.10 Å². The monoisotopic (exact) mass is 444 g/mol. The molecule has 0 amide bonds. The van der Waals surface area contributed by atoms with Crippen LogP contribution in [0.25, 0.3) is 10.9 Å². The summed E-state index contributed by atoms with van der Waals surface area (Å²) in [6.07, 6.45) is 1.32. The zero-order valence-electron chi connectivity index (χ0n) is 18.8. The molecule has 0 aliphatic rings. The highest BCUT2D eigenvalue weighted by Crippen LogP contribution is 2.26. The van der Waals surface area contributed by atoms with Gasteiger partial charge in [-0.25, -0.2) is 9.80 Å². The molecule has 0 saturated heterocycles. The average molecular weight is 445 g/mol. The van der Waals surface area contributed by atoms with Crippen LogP contribution in [-0.2, 0) is 4.74 Å². The van der Waals surface area contributed by atoms with Crippen molar-refractivity contribution in [2.24, 2.45) is 0 Å². The Bertz CT molecular complexity index is 1180. The fraction of sp³-hybridized carbons (Fsp3) is 0.231. The lowest BCUT2D eigenvalue weighted by molar-refractivity contribution is 0.00864. The first-order valence-electron chi connectivity index (χ1n) is 11.0. The molecule has 33 heavy (non-hydrogen) atoms. The molecular weight excluding hydrogens is 416 g/mol. The summed E-state index contributed by atoms with van der Waals surface area (Å²) >= 11 is 0. The van der Waals surface area contributed by atoms with Gasteiger partial charge in [-0.1, -0.05) is 49.4 Å². The van der Waals surface area contributed by atoms with Crippen LogP contribution in [0.2, 0.25) is 0 Å². The number of para-hydroxylation sites is 1. The molecule has 0 saturated carbocycles. The van der Waals surface area contributed by atoms with Crippen molar-refractivity contribution in [1.29, 1.82) is 0 Å². The number of hydrogen-bond acceptors (Lipinski definition) is 6. The van der Waals surface area contributed by atoms with E-state index in [1.165, 1.54) is 0 Å². The van der Waals surface area contributed by atoms with Crippen LogP contribution in [0, 0.1) is 6.92 Å². The van der Waals surface area contributed by atoms with Gasteiger partial charge < -0.3 is 14.9 Å². The number of aromatic amines is 1. The molecule has 1 heterocycles. The lowest BCUT2D eigenvalue weighted by Gasteiger charge is -2.28. The second-order valence-corrected chi connectivity index (χ2v) is 7.76. The van der Waals surface area contributed by atoms with Gasteiger partial charge in [0.1, 0.15) is 12.4 Å². The number of nitrogens with one attached hydrogen (secondary N) is 2. The van der Waals surface area contributed by atoms with Crippen LogP contribution in [0.15, 0.2) is 79.0 Å². The predicted octanol–water partition coefficient (Wildman–Crippen LogP) is 4.82. The molecule has 4 aromatic rings. The minimum absolute atomic E-state index is 0.232. The molecule has 4 rings (SSSR count). The van der Waals surface area contributed by atoms with Crippen molar-refractivity contribution >= 4 is 22.6 Å². The van der Waals surface area contributed by atoms with Gasteiger partial charge in [-0.15, -0.1) is 0 Å². The third-order valence-corrected chi connectivity index (χ3v) is 5.37. The maximum atomic E-state index is 12.8. The molecule has 1 unspecified atom stereocenters. The Hall–Kier alpha value is -3.84. The normalized spacial score (nSPS) is 12.0. The van der Waals surface area contributed by atoms with Gasteiger partial charge in [0.15, 0.2) is 6.10 Å². The predicted molar refractivity (Wildman–Crippen MR) is 129 cm³/mol. The fourth-order valence-electron chi connectivity index (χ4n) is 3.56. The lowest BCUT2D eigenvalue weighted by atomic mass is 10.1. The van der Waals surface area contributed by atoms with Gasteiger partial charge in [-0.2, -0.15) is 5.10 Å². The van der Waals surface area contributed by atoms with Gasteiger partial charge in [0.2, 0.25) is 0 Å². The summed E-state index contributed by atoms with van der Waals surface area (Å²) in [5, 5.41) is 10.2. The molecule has 3 aromatic carbocycles. The van der Waals surface area contributed by atoms with E-state index in [2.05, 4.69) is 15.6 Å². The van der Waals surface area contributed by atoms with Crippen molar-refractivity contribution in [3.05, 3.63) is 90.1 Å². The summed E-state index contributed by atoms with van der Waals surface area (Å²) in [6, 6.07) is 22.6. The number of fused-ring (bicyclic) bond motifs is 1. The van der Waals surface area contributed by atoms with Crippen molar-refractivity contribution in [2.45, 2.75) is 20.0 Å².